The quantitative estimate of drug-likeness (QED) is 0.0392. The topological polar surface area (TPSA) is 709 Å². The maximum atomic E-state index is 13.8. The first kappa shape index (κ1) is 99.4. The van der Waals surface area contributed by atoms with Gasteiger partial charge in [-0.2, -0.15) is 0 Å². The minimum absolute atomic E-state index is 0.00845. The standard InChI is InChI=1S/C70H112N18O27/c71-35-15-9-22-46(64(104)105)79-60(98)43(78-61(99)52-41-75-85-88(52)40-20-14-26-45(63(102)103)77-56(92)30-8-4-2-6-28-54(90)73-37-17-12-24-48(66(108)109)81-70(115)83-50(68(112)113)32-34-58(95)96)21-10-18-38-74-59(97)51-42-87(86-84-51)39-19-13-25-44(62(100)101)76-55(91)29-7-3-1-5-27-53(89)72-36-16-11-23-47(65(106)107)80-69(114)82-49(67(110)111)31-33-57(93)94/h41-50H,1-40,71H2,(H,72,89)(H,73,90)(H,74,97)(H,76,91)(H,77,92)(H,78,99)(H,79,98)(H,93,94)(H,95,96)(H,100,101)(H,102,103)(H,104,105)(H,106,107)(H,108,109)(H,110,111)(H,112,113)(H2,80,82,114)(H2,81,83,115)/t43?,44?,45?,46?,47?,48?,49-,50-/m0/s1. The number of carboxylic acid groups (broad SMARTS) is 9. The van der Waals surface area contributed by atoms with Crippen LogP contribution in [0.5, 0.6) is 0 Å². The zero-order chi connectivity index (χ0) is 85.6. The van der Waals surface area contributed by atoms with Gasteiger partial charge >= 0.3 is 65.8 Å². The van der Waals surface area contributed by atoms with E-state index in [2.05, 4.69) is 68.5 Å². The van der Waals surface area contributed by atoms with Gasteiger partial charge in [-0.3, -0.25) is 47.8 Å². The van der Waals surface area contributed by atoms with Gasteiger partial charge in [0.05, 0.1) is 12.4 Å². The van der Waals surface area contributed by atoms with Crippen LogP contribution in [0.3, 0.4) is 0 Å². The van der Waals surface area contributed by atoms with Crippen LogP contribution in [0.4, 0.5) is 9.59 Å². The van der Waals surface area contributed by atoms with E-state index in [0.717, 1.165) is 6.20 Å². The molecule has 45 nitrogen and oxygen atoms in total. The Morgan fingerprint density at radius 3 is 1.08 bits per heavy atom. The zero-order valence-electron chi connectivity index (χ0n) is 64.2. The molecule has 22 N–H and O–H groups in total. The predicted octanol–water partition coefficient (Wildman–Crippen LogP) is 0.141. The van der Waals surface area contributed by atoms with Crippen LogP contribution in [0.1, 0.15) is 239 Å². The largest absolute Gasteiger partial charge is 0.481 e. The summed E-state index contributed by atoms with van der Waals surface area (Å²) in [6.07, 6.45) is 9.06. The summed E-state index contributed by atoms with van der Waals surface area (Å²) in [5.74, 6) is -15.8. The smallest absolute Gasteiger partial charge is 0.326 e. The third-order valence-electron chi connectivity index (χ3n) is 17.8. The van der Waals surface area contributed by atoms with Crippen molar-refractivity contribution in [1.29, 1.82) is 0 Å². The summed E-state index contributed by atoms with van der Waals surface area (Å²) in [6, 6.07) is -13.1. The monoisotopic (exact) mass is 1640 g/mol. The SMILES string of the molecule is NCCCCC(NC(=O)C(CCCCNC(=O)c1cn(CCCCC(NC(=O)CCCCCCC(=O)NCCCCC(NC(=O)N[C@@H](CCC(=O)O)C(=O)O)C(=O)O)C(=O)O)nn1)NC(=O)c1cnnn1CCCCC(NC(=O)CCCCCCC(=O)NCCCCC(NC(=O)N[C@@H](CCC(=O)O)C(=O)O)C(=O)O)C(=O)O)C(=O)O. The van der Waals surface area contributed by atoms with Crippen molar-refractivity contribution in [3.8, 4) is 0 Å². The van der Waals surface area contributed by atoms with Gasteiger partial charge in [0, 0.05) is 71.2 Å². The first-order valence-corrected chi connectivity index (χ1v) is 38.4. The van der Waals surface area contributed by atoms with E-state index in [1.807, 2.05) is 10.6 Å². The lowest BCUT2D eigenvalue weighted by atomic mass is 10.1. The van der Waals surface area contributed by atoms with Crippen LogP contribution in [0.15, 0.2) is 12.4 Å². The van der Waals surface area contributed by atoms with Crippen molar-refractivity contribution < 1.29 is 132 Å². The van der Waals surface area contributed by atoms with Crippen molar-refractivity contribution >= 4 is 107 Å². The molecule has 115 heavy (non-hydrogen) atoms. The number of aryl methyl sites for hydroxylation is 2. The van der Waals surface area contributed by atoms with Gasteiger partial charge in [0.2, 0.25) is 29.5 Å². The van der Waals surface area contributed by atoms with Gasteiger partial charge in [-0.1, -0.05) is 36.1 Å². The van der Waals surface area contributed by atoms with Crippen molar-refractivity contribution in [2.45, 2.75) is 280 Å². The van der Waals surface area contributed by atoms with E-state index in [9.17, 15) is 122 Å². The molecular weight excluding hydrogens is 1520 g/mol. The summed E-state index contributed by atoms with van der Waals surface area (Å²) in [6.45, 7) is 1.09. The van der Waals surface area contributed by atoms with Gasteiger partial charge < -0.3 is 110 Å². The Bertz CT molecular complexity index is 3500. The molecule has 0 saturated carbocycles. The average molecular weight is 1640 g/mol. The number of aliphatic carboxylic acids is 9. The molecule has 2 rings (SSSR count). The van der Waals surface area contributed by atoms with E-state index in [-0.39, 0.29) is 165 Å². The number of carboxylic acids is 9. The number of carbonyl (C=O) groups excluding carboxylic acids is 9. The number of nitrogens with zero attached hydrogens (tertiary/aromatic N) is 6. The van der Waals surface area contributed by atoms with Gasteiger partial charge in [0.25, 0.3) is 11.8 Å². The molecule has 0 aliphatic carbocycles. The summed E-state index contributed by atoms with van der Waals surface area (Å²) in [4.78, 5) is 219. The maximum Gasteiger partial charge on any atom is 0.326 e. The molecular formula is C70H112N18O27. The minimum atomic E-state index is -1.55. The second kappa shape index (κ2) is 57.3. The number of aromatic nitrogens is 6. The van der Waals surface area contributed by atoms with Gasteiger partial charge in [-0.05, 0) is 161 Å². The first-order chi connectivity index (χ1) is 54.7. The highest BCUT2D eigenvalue weighted by atomic mass is 16.4. The van der Waals surface area contributed by atoms with E-state index in [1.165, 1.54) is 15.6 Å². The van der Waals surface area contributed by atoms with Gasteiger partial charge in [0.1, 0.15) is 54.0 Å². The van der Waals surface area contributed by atoms with E-state index in [4.69, 9.17) is 15.9 Å². The number of hydrogen-bond donors (Lipinski definition) is 21. The summed E-state index contributed by atoms with van der Waals surface area (Å²) < 4.78 is 2.63. The summed E-state index contributed by atoms with van der Waals surface area (Å²) in [5.41, 5.74) is 5.48. The molecule has 0 saturated heterocycles. The van der Waals surface area contributed by atoms with Crippen molar-refractivity contribution in [2.24, 2.45) is 5.73 Å². The molecule has 0 spiro atoms. The minimum Gasteiger partial charge on any atom is -0.481 e. The Balaban J connectivity index is 1.77. The molecule has 0 radical (unpaired) electrons. The highest BCUT2D eigenvalue weighted by Gasteiger charge is 2.31. The van der Waals surface area contributed by atoms with Crippen molar-refractivity contribution in [2.75, 3.05) is 26.2 Å². The summed E-state index contributed by atoms with van der Waals surface area (Å²) in [7, 11) is 0. The van der Waals surface area contributed by atoms with E-state index in [0.29, 0.717) is 89.9 Å². The van der Waals surface area contributed by atoms with Gasteiger partial charge in [-0.25, -0.2) is 47.8 Å². The average Bonchev–Trinajstić information content (AvgIpc) is 1.73. The van der Waals surface area contributed by atoms with Crippen LogP contribution < -0.4 is 64.2 Å². The number of hydrogen-bond acceptors (Lipinski definition) is 23. The normalized spacial score (nSPS) is 13.1. The second-order valence-corrected chi connectivity index (χ2v) is 27.3. The van der Waals surface area contributed by atoms with Crippen LogP contribution in [0.25, 0.3) is 0 Å². The third kappa shape index (κ3) is 45.6. The lowest BCUT2D eigenvalue weighted by Gasteiger charge is -2.22. The van der Waals surface area contributed by atoms with Crippen molar-refractivity contribution in [3.63, 3.8) is 0 Å². The van der Waals surface area contributed by atoms with Crippen LogP contribution in [0, 0.1) is 0 Å². The molecule has 2 aromatic rings. The lowest BCUT2D eigenvalue weighted by Crippen LogP contribution is -2.51. The molecule has 0 bridgehead atoms. The van der Waals surface area contributed by atoms with E-state index < -0.39 is 169 Å². The highest BCUT2D eigenvalue weighted by molar-refractivity contribution is 5.97. The molecule has 2 heterocycles. The number of carbonyl (C=O) groups is 18. The number of rotatable bonds is 67. The molecule has 0 aliphatic rings. The van der Waals surface area contributed by atoms with Gasteiger partial charge in [0.15, 0.2) is 5.69 Å². The number of nitrogens with two attached hydrogens (primary N) is 1. The number of amides is 11. The molecule has 2 aromatic heterocycles. The maximum absolute atomic E-state index is 13.8. The van der Waals surface area contributed by atoms with Crippen molar-refractivity contribution in [1.82, 2.24) is 88.5 Å². The predicted molar refractivity (Wildman–Crippen MR) is 399 cm³/mol. The molecule has 644 valence electrons. The number of urea groups is 2. The van der Waals surface area contributed by atoms with E-state index in [1.54, 1.807) is 0 Å². The first-order valence-electron chi connectivity index (χ1n) is 38.4. The fraction of sp³-hybridized carbons (Fsp3) is 0.686. The fourth-order valence-corrected chi connectivity index (χ4v) is 11.4. The van der Waals surface area contributed by atoms with Gasteiger partial charge in [-0.15, -0.1) is 10.2 Å². The fourth-order valence-electron chi connectivity index (χ4n) is 11.4. The Morgan fingerprint density at radius 1 is 0.330 bits per heavy atom. The van der Waals surface area contributed by atoms with Crippen molar-refractivity contribution in [3.05, 3.63) is 23.8 Å². The molecule has 11 amide bonds. The molecule has 45 heteroatoms. The van der Waals surface area contributed by atoms with E-state index >= 15 is 0 Å². The van der Waals surface area contributed by atoms with Crippen LogP contribution in [-0.4, -0.2) is 258 Å². The third-order valence-corrected chi connectivity index (χ3v) is 17.8. The number of unbranched alkanes of at least 4 members (excludes halogenated alkanes) is 12. The molecule has 0 fully saturated rings. The number of nitrogens with one attached hydrogen (secondary N) is 11. The summed E-state index contributed by atoms with van der Waals surface area (Å²) in [5, 5.41) is 127. The molecule has 8 atom stereocenters. The molecule has 6 unspecified atom stereocenters. The molecule has 0 aromatic carbocycles. The Labute approximate surface area is 661 Å². The molecule has 0 aliphatic heterocycles. The van der Waals surface area contributed by atoms with Crippen LogP contribution >= 0.6 is 0 Å². The Morgan fingerprint density at radius 2 is 0.678 bits per heavy atom. The lowest BCUT2D eigenvalue weighted by molar-refractivity contribution is -0.142. The van der Waals surface area contributed by atoms with Crippen LogP contribution in [0.2, 0.25) is 0 Å². The summed E-state index contributed by atoms with van der Waals surface area (Å²) >= 11 is 0. The zero-order valence-corrected chi connectivity index (χ0v) is 64.2. The Kier molecular flexibility index (Phi) is 49.6. The van der Waals surface area contributed by atoms with Crippen LogP contribution in [-0.2, 0) is 80.2 Å². The second-order valence-electron chi connectivity index (χ2n) is 27.3. The Hall–Kier alpha value is -11.7. The highest BCUT2D eigenvalue weighted by Crippen LogP contribution is 2.15.